The topological polar surface area (TPSA) is 32.3 Å². The standard InChI is InChI=1S/C10H14N2OS/c1-8-2-7-14-9(8)10(13)12-5-3-11-4-6-12/h2,7,11H,3-6H2,1H3. The van der Waals surface area contributed by atoms with Gasteiger partial charge >= 0.3 is 0 Å². The van der Waals surface area contributed by atoms with Crippen molar-refractivity contribution in [1.82, 2.24) is 10.2 Å². The maximum atomic E-state index is 12.0. The summed E-state index contributed by atoms with van der Waals surface area (Å²) in [4.78, 5) is 14.8. The van der Waals surface area contributed by atoms with Crippen molar-refractivity contribution in [3.63, 3.8) is 0 Å². The molecule has 0 saturated carbocycles. The minimum absolute atomic E-state index is 0.194. The second-order valence-electron chi connectivity index (χ2n) is 3.47. The van der Waals surface area contributed by atoms with E-state index in [0.29, 0.717) is 0 Å². The summed E-state index contributed by atoms with van der Waals surface area (Å²) in [7, 11) is 0. The van der Waals surface area contributed by atoms with Crippen LogP contribution in [-0.2, 0) is 0 Å². The largest absolute Gasteiger partial charge is 0.335 e. The lowest BCUT2D eigenvalue weighted by Crippen LogP contribution is -2.46. The van der Waals surface area contributed by atoms with Gasteiger partial charge in [-0.2, -0.15) is 0 Å². The minimum atomic E-state index is 0.194. The van der Waals surface area contributed by atoms with E-state index in [9.17, 15) is 4.79 Å². The first-order valence-corrected chi connectivity index (χ1v) is 5.71. The summed E-state index contributed by atoms with van der Waals surface area (Å²) >= 11 is 1.54. The van der Waals surface area contributed by atoms with Crippen LogP contribution in [0.5, 0.6) is 0 Å². The predicted octanol–water partition coefficient (Wildman–Crippen LogP) is 1.10. The van der Waals surface area contributed by atoms with Crippen LogP contribution in [0.15, 0.2) is 11.4 Å². The highest BCUT2D eigenvalue weighted by Crippen LogP contribution is 2.17. The summed E-state index contributed by atoms with van der Waals surface area (Å²) in [5.74, 6) is 0.194. The Kier molecular flexibility index (Phi) is 2.84. The van der Waals surface area contributed by atoms with E-state index in [-0.39, 0.29) is 5.91 Å². The van der Waals surface area contributed by atoms with E-state index in [1.165, 1.54) is 11.3 Å². The van der Waals surface area contributed by atoms with Crippen LogP contribution in [0, 0.1) is 6.92 Å². The Labute approximate surface area is 87.7 Å². The van der Waals surface area contributed by atoms with Crippen molar-refractivity contribution in [2.75, 3.05) is 26.2 Å². The zero-order valence-electron chi connectivity index (χ0n) is 8.25. The normalized spacial score (nSPS) is 17.1. The van der Waals surface area contributed by atoms with E-state index in [2.05, 4.69) is 5.32 Å². The third-order valence-electron chi connectivity index (χ3n) is 2.46. The van der Waals surface area contributed by atoms with Gasteiger partial charge in [0.25, 0.3) is 5.91 Å². The van der Waals surface area contributed by atoms with E-state index in [1.807, 2.05) is 23.3 Å². The molecule has 4 heteroatoms. The third kappa shape index (κ3) is 1.81. The number of hydrogen-bond donors (Lipinski definition) is 1. The molecule has 2 heterocycles. The number of nitrogens with zero attached hydrogens (tertiary/aromatic N) is 1. The molecule has 1 saturated heterocycles. The van der Waals surface area contributed by atoms with Gasteiger partial charge in [0.1, 0.15) is 0 Å². The molecule has 1 fully saturated rings. The number of thiophene rings is 1. The number of nitrogens with one attached hydrogen (secondary N) is 1. The van der Waals surface area contributed by atoms with Gasteiger partial charge in [0, 0.05) is 26.2 Å². The van der Waals surface area contributed by atoms with Crippen LogP contribution >= 0.6 is 11.3 Å². The molecule has 0 bridgehead atoms. The van der Waals surface area contributed by atoms with Crippen molar-refractivity contribution in [3.8, 4) is 0 Å². The Balaban J connectivity index is 2.11. The summed E-state index contributed by atoms with van der Waals surface area (Å²) in [6.07, 6.45) is 0. The number of carbonyl (C=O) groups is 1. The molecule has 14 heavy (non-hydrogen) atoms. The number of aryl methyl sites for hydroxylation is 1. The third-order valence-corrected chi connectivity index (χ3v) is 3.47. The van der Waals surface area contributed by atoms with Gasteiger partial charge < -0.3 is 10.2 Å². The van der Waals surface area contributed by atoms with Gasteiger partial charge in [-0.15, -0.1) is 11.3 Å². The van der Waals surface area contributed by atoms with Crippen LogP contribution in [0.4, 0.5) is 0 Å². The molecule has 0 radical (unpaired) electrons. The Morgan fingerprint density at radius 2 is 2.21 bits per heavy atom. The van der Waals surface area contributed by atoms with Crippen molar-refractivity contribution in [2.24, 2.45) is 0 Å². The molecule has 0 spiro atoms. The molecule has 0 unspecified atom stereocenters. The molecule has 1 aromatic rings. The Morgan fingerprint density at radius 3 is 2.79 bits per heavy atom. The second-order valence-corrected chi connectivity index (χ2v) is 4.39. The molecule has 3 nitrogen and oxygen atoms in total. The van der Waals surface area contributed by atoms with Gasteiger partial charge in [0.2, 0.25) is 0 Å². The molecule has 1 aliphatic rings. The summed E-state index contributed by atoms with van der Waals surface area (Å²) in [6.45, 7) is 5.48. The highest BCUT2D eigenvalue weighted by Gasteiger charge is 2.19. The van der Waals surface area contributed by atoms with Gasteiger partial charge in [-0.05, 0) is 23.9 Å². The Hall–Kier alpha value is -0.870. The van der Waals surface area contributed by atoms with E-state index in [4.69, 9.17) is 0 Å². The molecule has 2 rings (SSSR count). The van der Waals surface area contributed by atoms with Crippen LogP contribution in [-0.4, -0.2) is 37.0 Å². The molecule has 1 amide bonds. The average Bonchev–Trinajstić information content (AvgIpc) is 2.65. The quantitative estimate of drug-likeness (QED) is 0.753. The molecule has 0 aliphatic carbocycles. The first-order chi connectivity index (χ1) is 6.79. The predicted molar refractivity (Wildman–Crippen MR) is 57.8 cm³/mol. The highest BCUT2D eigenvalue weighted by molar-refractivity contribution is 7.12. The molecule has 0 aromatic carbocycles. The maximum Gasteiger partial charge on any atom is 0.264 e. The number of carbonyl (C=O) groups excluding carboxylic acids is 1. The number of amides is 1. The summed E-state index contributed by atoms with van der Waals surface area (Å²) in [5, 5.41) is 5.22. The van der Waals surface area contributed by atoms with Gasteiger partial charge in [-0.1, -0.05) is 0 Å². The number of piperazine rings is 1. The van der Waals surface area contributed by atoms with Crippen LogP contribution in [0.25, 0.3) is 0 Å². The van der Waals surface area contributed by atoms with E-state index >= 15 is 0 Å². The molecule has 1 N–H and O–H groups in total. The van der Waals surface area contributed by atoms with E-state index in [1.54, 1.807) is 0 Å². The molecular weight excluding hydrogens is 196 g/mol. The van der Waals surface area contributed by atoms with Crippen molar-refractivity contribution >= 4 is 17.2 Å². The van der Waals surface area contributed by atoms with Gasteiger partial charge in [0.15, 0.2) is 0 Å². The van der Waals surface area contributed by atoms with E-state index < -0.39 is 0 Å². The summed E-state index contributed by atoms with van der Waals surface area (Å²) < 4.78 is 0. The van der Waals surface area contributed by atoms with Crippen molar-refractivity contribution in [3.05, 3.63) is 21.9 Å². The molecule has 1 aromatic heterocycles. The van der Waals surface area contributed by atoms with Crippen molar-refractivity contribution in [1.29, 1.82) is 0 Å². The lowest BCUT2D eigenvalue weighted by molar-refractivity contribution is 0.0740. The monoisotopic (exact) mass is 210 g/mol. The van der Waals surface area contributed by atoms with Crippen LogP contribution in [0.1, 0.15) is 15.2 Å². The lowest BCUT2D eigenvalue weighted by Gasteiger charge is -2.27. The fraction of sp³-hybridized carbons (Fsp3) is 0.500. The first kappa shape index (κ1) is 9.68. The Morgan fingerprint density at radius 1 is 1.50 bits per heavy atom. The zero-order chi connectivity index (χ0) is 9.97. The lowest BCUT2D eigenvalue weighted by atomic mass is 10.2. The fourth-order valence-electron chi connectivity index (χ4n) is 1.60. The first-order valence-electron chi connectivity index (χ1n) is 4.83. The SMILES string of the molecule is Cc1ccsc1C(=O)N1CCNCC1. The summed E-state index contributed by atoms with van der Waals surface area (Å²) in [6, 6.07) is 2.00. The highest BCUT2D eigenvalue weighted by atomic mass is 32.1. The van der Waals surface area contributed by atoms with Crippen LogP contribution in [0.3, 0.4) is 0 Å². The van der Waals surface area contributed by atoms with Gasteiger partial charge in [0.05, 0.1) is 4.88 Å². The molecule has 76 valence electrons. The Bertz CT molecular complexity index is 329. The van der Waals surface area contributed by atoms with Crippen LogP contribution in [0.2, 0.25) is 0 Å². The molecular formula is C10H14N2OS. The molecule has 1 aliphatic heterocycles. The number of hydrogen-bond acceptors (Lipinski definition) is 3. The van der Waals surface area contributed by atoms with Crippen LogP contribution < -0.4 is 5.32 Å². The van der Waals surface area contributed by atoms with Gasteiger partial charge in [-0.3, -0.25) is 4.79 Å². The molecule has 0 atom stereocenters. The smallest absolute Gasteiger partial charge is 0.264 e. The van der Waals surface area contributed by atoms with Crippen molar-refractivity contribution < 1.29 is 4.79 Å². The fourth-order valence-corrected chi connectivity index (χ4v) is 2.50. The summed E-state index contributed by atoms with van der Waals surface area (Å²) in [5.41, 5.74) is 1.10. The average molecular weight is 210 g/mol. The van der Waals surface area contributed by atoms with E-state index in [0.717, 1.165) is 36.6 Å². The van der Waals surface area contributed by atoms with Gasteiger partial charge in [-0.25, -0.2) is 0 Å². The number of rotatable bonds is 1. The zero-order valence-corrected chi connectivity index (χ0v) is 9.06. The van der Waals surface area contributed by atoms with Crippen molar-refractivity contribution in [2.45, 2.75) is 6.92 Å². The minimum Gasteiger partial charge on any atom is -0.335 e. The second kappa shape index (κ2) is 4.11. The maximum absolute atomic E-state index is 12.0.